The van der Waals surface area contributed by atoms with Crippen molar-refractivity contribution in [3.05, 3.63) is 20.2 Å². The summed E-state index contributed by atoms with van der Waals surface area (Å²) in [5, 5.41) is 23.4. The zero-order valence-electron chi connectivity index (χ0n) is 12.1. The Morgan fingerprint density at radius 3 is 1.59 bits per heavy atom. The summed E-state index contributed by atoms with van der Waals surface area (Å²) in [7, 11) is 2.69. The predicted molar refractivity (Wildman–Crippen MR) is 93.0 cm³/mol. The number of halogens is 4. The lowest BCUT2D eigenvalue weighted by atomic mass is 9.65. The van der Waals surface area contributed by atoms with Gasteiger partial charge in [0.1, 0.15) is 11.8 Å². The zero-order chi connectivity index (χ0) is 17.8. The van der Waals surface area contributed by atoms with E-state index in [-0.39, 0.29) is 0 Å². The minimum absolute atomic E-state index is 0.520. The normalized spacial score (nSPS) is 27.1. The van der Waals surface area contributed by atoms with Crippen molar-refractivity contribution in [2.75, 3.05) is 14.2 Å². The summed E-state index contributed by atoms with van der Waals surface area (Å²) in [6.45, 7) is 2.81. The van der Waals surface area contributed by atoms with Crippen LogP contribution in [0.2, 0.25) is 0 Å². The van der Waals surface area contributed by atoms with Gasteiger partial charge in [-0.25, -0.2) is 0 Å². The standard InChI is InChI=1S/C10H14Br4N2O6/c1-6(2)8(15(17)18,16(19)20)5-7(11,12)10(21-3,22-4)9(6,13)14/h5H2,1-4H3. The molecule has 0 unspecified atom stereocenters. The van der Waals surface area contributed by atoms with Crippen LogP contribution in [0.1, 0.15) is 20.3 Å². The minimum Gasteiger partial charge on any atom is -0.349 e. The largest absolute Gasteiger partial charge is 0.468 e. The van der Waals surface area contributed by atoms with Crippen molar-refractivity contribution in [2.45, 2.75) is 38.2 Å². The third kappa shape index (κ3) is 2.17. The lowest BCUT2D eigenvalue weighted by Crippen LogP contribution is -2.79. The smallest absolute Gasteiger partial charge is 0.349 e. The van der Waals surface area contributed by atoms with Crippen LogP contribution in [0.15, 0.2) is 0 Å². The fourth-order valence-electron chi connectivity index (χ4n) is 2.83. The average molecular weight is 578 g/mol. The fraction of sp³-hybridized carbons (Fsp3) is 1.00. The molecule has 0 spiro atoms. The number of nitro groups is 2. The van der Waals surface area contributed by atoms with Crippen LogP contribution in [0.25, 0.3) is 0 Å². The van der Waals surface area contributed by atoms with Crippen LogP contribution in [0.4, 0.5) is 0 Å². The molecule has 0 atom stereocenters. The Bertz CT molecular complexity index is 492. The van der Waals surface area contributed by atoms with Gasteiger partial charge in [0, 0.05) is 14.2 Å². The highest BCUT2D eigenvalue weighted by Crippen LogP contribution is 2.70. The Hall–Kier alpha value is 0.640. The van der Waals surface area contributed by atoms with Crippen molar-refractivity contribution in [2.24, 2.45) is 5.41 Å². The Balaban J connectivity index is 3.84. The molecule has 22 heavy (non-hydrogen) atoms. The fourth-order valence-corrected chi connectivity index (χ4v) is 7.88. The molecule has 128 valence electrons. The Morgan fingerprint density at radius 2 is 1.32 bits per heavy atom. The number of hydrogen-bond acceptors (Lipinski definition) is 6. The third-order valence-corrected chi connectivity index (χ3v) is 8.96. The molecular weight excluding hydrogens is 564 g/mol. The summed E-state index contributed by atoms with van der Waals surface area (Å²) < 4.78 is 8.09. The molecule has 0 aromatic carbocycles. The Labute approximate surface area is 160 Å². The second-order valence-electron chi connectivity index (χ2n) is 5.44. The second-order valence-corrected chi connectivity index (χ2v) is 12.7. The number of hydrogen-bond donors (Lipinski definition) is 0. The molecule has 0 saturated heterocycles. The van der Waals surface area contributed by atoms with Gasteiger partial charge in [-0.1, -0.05) is 63.7 Å². The van der Waals surface area contributed by atoms with Crippen LogP contribution in [-0.4, -0.2) is 42.0 Å². The lowest BCUT2D eigenvalue weighted by Gasteiger charge is -2.58. The summed E-state index contributed by atoms with van der Waals surface area (Å²) in [5.41, 5.74) is -4.06. The second kappa shape index (κ2) is 5.87. The number of alkyl halides is 4. The first kappa shape index (κ1) is 20.7. The number of nitrogens with zero attached hydrogens (tertiary/aromatic N) is 2. The van der Waals surface area contributed by atoms with E-state index in [1.165, 1.54) is 28.1 Å². The molecule has 1 saturated carbocycles. The van der Waals surface area contributed by atoms with Gasteiger partial charge in [0.15, 0.2) is 6.47 Å². The predicted octanol–water partition coefficient (Wildman–Crippen LogP) is 3.63. The number of ether oxygens (including phenoxy) is 2. The summed E-state index contributed by atoms with van der Waals surface area (Å²) >= 11 is 13.2. The van der Waals surface area contributed by atoms with E-state index in [2.05, 4.69) is 63.7 Å². The quantitative estimate of drug-likeness (QED) is 0.219. The molecule has 1 aliphatic rings. The molecule has 0 aromatic rings. The number of methoxy groups -OCH3 is 2. The minimum atomic E-state index is -2.51. The lowest BCUT2D eigenvalue weighted by molar-refractivity contribution is -0.820. The first-order valence-corrected chi connectivity index (χ1v) is 9.04. The van der Waals surface area contributed by atoms with Gasteiger partial charge in [-0.3, -0.25) is 20.2 Å². The molecule has 0 amide bonds. The monoisotopic (exact) mass is 574 g/mol. The number of rotatable bonds is 4. The molecule has 0 aliphatic heterocycles. The van der Waals surface area contributed by atoms with Gasteiger partial charge in [-0.05, 0) is 13.8 Å². The highest BCUT2D eigenvalue weighted by atomic mass is 79.9. The van der Waals surface area contributed by atoms with Crippen molar-refractivity contribution in [1.82, 2.24) is 0 Å². The molecule has 0 bridgehead atoms. The first-order chi connectivity index (χ1) is 9.72. The van der Waals surface area contributed by atoms with E-state index >= 15 is 0 Å². The maximum Gasteiger partial charge on any atom is 0.468 e. The van der Waals surface area contributed by atoms with Crippen molar-refractivity contribution < 1.29 is 19.3 Å². The average Bonchev–Trinajstić information content (AvgIpc) is 2.34. The van der Waals surface area contributed by atoms with E-state index in [9.17, 15) is 20.2 Å². The van der Waals surface area contributed by atoms with E-state index in [4.69, 9.17) is 9.47 Å². The van der Waals surface area contributed by atoms with E-state index in [0.717, 1.165) is 0 Å². The Morgan fingerprint density at radius 1 is 0.955 bits per heavy atom. The van der Waals surface area contributed by atoms with E-state index in [1.807, 2.05) is 0 Å². The molecule has 0 radical (unpaired) electrons. The maximum absolute atomic E-state index is 11.7. The topological polar surface area (TPSA) is 105 Å². The Kier molecular flexibility index (Phi) is 5.52. The maximum atomic E-state index is 11.7. The van der Waals surface area contributed by atoms with Crippen LogP contribution in [-0.2, 0) is 9.47 Å². The molecule has 1 aliphatic carbocycles. The highest BCUT2D eigenvalue weighted by molar-refractivity contribution is 9.26. The van der Waals surface area contributed by atoms with Crippen LogP contribution in [0.5, 0.6) is 0 Å². The van der Waals surface area contributed by atoms with Gasteiger partial charge in [0.2, 0.25) is 5.79 Å². The summed E-state index contributed by atoms with van der Waals surface area (Å²) in [4.78, 5) is 21.6. The molecular formula is C10H14Br4N2O6. The van der Waals surface area contributed by atoms with E-state index in [0.29, 0.717) is 0 Å². The third-order valence-electron chi connectivity index (χ3n) is 4.33. The SMILES string of the molecule is COC1(OC)C(Br)(Br)CC([N+](=O)[O-])([N+](=O)[O-])C(C)(C)C1(Br)Br. The van der Waals surface area contributed by atoms with Crippen LogP contribution < -0.4 is 0 Å². The van der Waals surface area contributed by atoms with Gasteiger partial charge < -0.3 is 9.47 Å². The van der Waals surface area contributed by atoms with Gasteiger partial charge in [0.25, 0.3) is 0 Å². The van der Waals surface area contributed by atoms with E-state index < -0.39 is 39.6 Å². The van der Waals surface area contributed by atoms with Crippen molar-refractivity contribution >= 4 is 63.7 Å². The molecule has 1 fully saturated rings. The molecule has 8 nitrogen and oxygen atoms in total. The van der Waals surface area contributed by atoms with Crippen LogP contribution >= 0.6 is 63.7 Å². The van der Waals surface area contributed by atoms with Crippen molar-refractivity contribution in [3.63, 3.8) is 0 Å². The summed E-state index contributed by atoms with van der Waals surface area (Å²) in [6.07, 6.45) is -0.520. The summed E-state index contributed by atoms with van der Waals surface area (Å²) in [5.74, 6) is -1.53. The molecule has 0 N–H and O–H groups in total. The van der Waals surface area contributed by atoms with Crippen molar-refractivity contribution in [3.8, 4) is 0 Å². The van der Waals surface area contributed by atoms with Gasteiger partial charge in [0.05, 0.1) is 9.85 Å². The molecule has 1 rings (SSSR count). The highest BCUT2D eigenvalue weighted by Gasteiger charge is 2.87. The molecule has 0 aromatic heterocycles. The van der Waals surface area contributed by atoms with Gasteiger partial charge >= 0.3 is 5.66 Å². The van der Waals surface area contributed by atoms with Gasteiger partial charge in [-0.2, -0.15) is 0 Å². The first-order valence-electron chi connectivity index (χ1n) is 5.87. The molecule has 0 heterocycles. The van der Waals surface area contributed by atoms with Crippen LogP contribution in [0.3, 0.4) is 0 Å². The molecule has 12 heteroatoms. The zero-order valence-corrected chi connectivity index (χ0v) is 18.4. The van der Waals surface area contributed by atoms with Gasteiger partial charge in [-0.15, -0.1) is 0 Å². The van der Waals surface area contributed by atoms with E-state index in [1.54, 1.807) is 0 Å². The summed E-state index contributed by atoms with van der Waals surface area (Å²) in [6, 6.07) is 0. The van der Waals surface area contributed by atoms with Crippen LogP contribution in [0, 0.1) is 25.6 Å². The van der Waals surface area contributed by atoms with Crippen molar-refractivity contribution in [1.29, 1.82) is 0 Å².